The molecule has 0 spiro atoms. The fourth-order valence-corrected chi connectivity index (χ4v) is 5.60. The van der Waals surface area contributed by atoms with Crippen molar-refractivity contribution in [3.63, 3.8) is 0 Å². The second-order valence-electron chi connectivity index (χ2n) is 8.74. The van der Waals surface area contributed by atoms with Crippen LogP contribution in [0.4, 0.5) is 10.6 Å². The van der Waals surface area contributed by atoms with Gasteiger partial charge in [-0.1, -0.05) is 20.8 Å². The summed E-state index contributed by atoms with van der Waals surface area (Å²) in [5.74, 6) is 3.08. The molecule has 1 aliphatic heterocycles. The minimum absolute atomic E-state index is 0.0947. The van der Waals surface area contributed by atoms with Crippen LogP contribution >= 0.6 is 11.3 Å². The first-order valence-corrected chi connectivity index (χ1v) is 11.2. The van der Waals surface area contributed by atoms with E-state index in [4.69, 9.17) is 9.97 Å². The third-order valence-corrected chi connectivity index (χ3v) is 7.05. The number of hydrogen-bond acceptors (Lipinski definition) is 5. The summed E-state index contributed by atoms with van der Waals surface area (Å²) in [6.45, 7) is 9.79. The van der Waals surface area contributed by atoms with Gasteiger partial charge in [0.15, 0.2) is 0 Å². The van der Waals surface area contributed by atoms with Gasteiger partial charge in [0, 0.05) is 51.1 Å². The van der Waals surface area contributed by atoms with Crippen molar-refractivity contribution >= 4 is 33.4 Å². The number of fused-ring (bicyclic) bond motifs is 3. The molecule has 3 heterocycles. The minimum Gasteiger partial charge on any atom is -0.352 e. The fourth-order valence-electron chi connectivity index (χ4n) is 4.22. The van der Waals surface area contributed by atoms with Crippen molar-refractivity contribution in [1.82, 2.24) is 19.8 Å². The molecule has 2 amide bonds. The van der Waals surface area contributed by atoms with E-state index in [1.54, 1.807) is 4.90 Å². The Hall–Kier alpha value is -1.89. The van der Waals surface area contributed by atoms with Crippen LogP contribution in [0.3, 0.4) is 0 Å². The van der Waals surface area contributed by atoms with E-state index in [-0.39, 0.29) is 6.03 Å². The number of urea groups is 1. The molecule has 1 saturated heterocycles. The van der Waals surface area contributed by atoms with Gasteiger partial charge in [-0.3, -0.25) is 0 Å². The van der Waals surface area contributed by atoms with Gasteiger partial charge in [-0.15, -0.1) is 11.3 Å². The van der Waals surface area contributed by atoms with E-state index in [9.17, 15) is 4.79 Å². The van der Waals surface area contributed by atoms with Gasteiger partial charge < -0.3 is 14.7 Å². The average molecular weight is 402 g/mol. The maximum atomic E-state index is 12.3. The monoisotopic (exact) mass is 401 g/mol. The van der Waals surface area contributed by atoms with Crippen molar-refractivity contribution < 1.29 is 4.79 Å². The van der Waals surface area contributed by atoms with E-state index < -0.39 is 0 Å². The van der Waals surface area contributed by atoms with Crippen LogP contribution in [-0.4, -0.2) is 66.1 Å². The van der Waals surface area contributed by atoms with Crippen molar-refractivity contribution in [2.24, 2.45) is 5.92 Å². The Bertz CT molecular complexity index is 883. The molecule has 28 heavy (non-hydrogen) atoms. The lowest BCUT2D eigenvalue weighted by molar-refractivity contribution is 0.168. The van der Waals surface area contributed by atoms with E-state index in [1.807, 2.05) is 30.3 Å². The number of piperazine rings is 1. The van der Waals surface area contributed by atoms with Gasteiger partial charge in [-0.05, 0) is 30.7 Å². The van der Waals surface area contributed by atoms with E-state index in [0.717, 1.165) is 61.4 Å². The number of aromatic nitrogens is 2. The molecule has 2 aliphatic rings. The van der Waals surface area contributed by atoms with Crippen LogP contribution in [0.15, 0.2) is 0 Å². The molecule has 1 fully saturated rings. The maximum absolute atomic E-state index is 12.3. The van der Waals surface area contributed by atoms with Crippen molar-refractivity contribution in [2.45, 2.75) is 46.0 Å². The average Bonchev–Trinajstić information content (AvgIpc) is 3.03. The zero-order valence-electron chi connectivity index (χ0n) is 17.7. The number of thiophene rings is 1. The molecule has 6 nitrogen and oxygen atoms in total. The highest BCUT2D eigenvalue weighted by atomic mass is 32.1. The molecular formula is C21H31N5OS. The highest BCUT2D eigenvalue weighted by molar-refractivity contribution is 7.19. The number of carbonyl (C=O) groups excluding carboxylic acids is 1. The summed E-state index contributed by atoms with van der Waals surface area (Å²) in [4.78, 5) is 30.9. The van der Waals surface area contributed by atoms with Crippen molar-refractivity contribution in [2.75, 3.05) is 45.2 Å². The van der Waals surface area contributed by atoms with E-state index in [0.29, 0.717) is 5.92 Å². The van der Waals surface area contributed by atoms with Crippen LogP contribution < -0.4 is 4.90 Å². The standard InChI is InChI=1S/C21H31N5OS/c1-13(2)18-22-19(25-8-10-26(11-9-25)21(27)24(4)5)17-15-7-6-14(3)12-16(15)28-20(17)23-18/h13-14H,6-12H2,1-5H3. The first-order valence-electron chi connectivity index (χ1n) is 10.4. The molecule has 0 N–H and O–H groups in total. The number of aryl methyl sites for hydroxylation is 1. The van der Waals surface area contributed by atoms with E-state index in [2.05, 4.69) is 25.7 Å². The Morgan fingerprint density at radius 1 is 1.18 bits per heavy atom. The Balaban J connectivity index is 1.71. The normalized spacial score (nSPS) is 20.0. The third-order valence-electron chi connectivity index (χ3n) is 5.90. The number of rotatable bonds is 2. The highest BCUT2D eigenvalue weighted by Crippen LogP contribution is 2.41. The van der Waals surface area contributed by atoms with Gasteiger partial charge in [0.25, 0.3) is 0 Å². The zero-order chi connectivity index (χ0) is 20.0. The van der Waals surface area contributed by atoms with Gasteiger partial charge in [-0.25, -0.2) is 14.8 Å². The second-order valence-corrected chi connectivity index (χ2v) is 9.83. The van der Waals surface area contributed by atoms with E-state index in [1.165, 1.54) is 22.2 Å². The molecule has 2 aromatic rings. The van der Waals surface area contributed by atoms with Gasteiger partial charge in [-0.2, -0.15) is 0 Å². The van der Waals surface area contributed by atoms with Crippen LogP contribution in [0.2, 0.25) is 0 Å². The Kier molecular flexibility index (Phi) is 5.21. The fraction of sp³-hybridized carbons (Fsp3) is 0.667. The van der Waals surface area contributed by atoms with E-state index >= 15 is 0 Å². The van der Waals surface area contributed by atoms with Crippen molar-refractivity contribution in [1.29, 1.82) is 0 Å². The first-order chi connectivity index (χ1) is 13.3. The van der Waals surface area contributed by atoms with Crippen molar-refractivity contribution in [3.05, 3.63) is 16.3 Å². The maximum Gasteiger partial charge on any atom is 0.319 e. The number of carbonyl (C=O) groups is 1. The molecule has 1 unspecified atom stereocenters. The smallest absolute Gasteiger partial charge is 0.319 e. The first kappa shape index (κ1) is 19.4. The molecular weight excluding hydrogens is 370 g/mol. The third kappa shape index (κ3) is 3.45. The van der Waals surface area contributed by atoms with Crippen LogP contribution in [0, 0.1) is 5.92 Å². The lowest BCUT2D eigenvalue weighted by atomic mass is 9.89. The summed E-state index contributed by atoms with van der Waals surface area (Å²) in [6.07, 6.45) is 3.54. The summed E-state index contributed by atoms with van der Waals surface area (Å²) in [5.41, 5.74) is 1.48. The lowest BCUT2D eigenvalue weighted by Crippen LogP contribution is -2.51. The number of hydrogen-bond donors (Lipinski definition) is 0. The largest absolute Gasteiger partial charge is 0.352 e. The predicted octanol–water partition coefficient (Wildman–Crippen LogP) is 3.74. The Labute approximate surface area is 171 Å². The Morgan fingerprint density at radius 2 is 1.89 bits per heavy atom. The quantitative estimate of drug-likeness (QED) is 0.769. The van der Waals surface area contributed by atoms with Crippen LogP contribution in [0.1, 0.15) is 49.4 Å². The molecule has 0 radical (unpaired) electrons. The van der Waals surface area contributed by atoms with Gasteiger partial charge in [0.2, 0.25) is 0 Å². The molecule has 0 aromatic carbocycles. The predicted molar refractivity (Wildman–Crippen MR) is 116 cm³/mol. The summed E-state index contributed by atoms with van der Waals surface area (Å²) >= 11 is 1.87. The van der Waals surface area contributed by atoms with Gasteiger partial charge in [0.05, 0.1) is 5.39 Å². The second kappa shape index (κ2) is 7.50. The number of nitrogens with zero attached hydrogens (tertiary/aromatic N) is 5. The van der Waals surface area contributed by atoms with Crippen LogP contribution in [0.25, 0.3) is 10.2 Å². The molecule has 7 heteroatoms. The van der Waals surface area contributed by atoms with Crippen LogP contribution in [-0.2, 0) is 12.8 Å². The summed E-state index contributed by atoms with van der Waals surface area (Å²) in [6, 6.07) is 0.0947. The molecule has 152 valence electrons. The summed E-state index contributed by atoms with van der Waals surface area (Å²) in [7, 11) is 3.63. The van der Waals surface area contributed by atoms with Gasteiger partial charge >= 0.3 is 6.03 Å². The number of anilines is 1. The summed E-state index contributed by atoms with van der Waals surface area (Å²) in [5, 5.41) is 1.28. The van der Waals surface area contributed by atoms with Crippen molar-refractivity contribution in [3.8, 4) is 0 Å². The molecule has 1 atom stereocenters. The van der Waals surface area contributed by atoms with Crippen LogP contribution in [0.5, 0.6) is 0 Å². The zero-order valence-corrected chi connectivity index (χ0v) is 18.5. The minimum atomic E-state index is 0.0947. The number of amides is 2. The highest BCUT2D eigenvalue weighted by Gasteiger charge is 2.29. The molecule has 0 bridgehead atoms. The molecule has 1 aliphatic carbocycles. The molecule has 2 aromatic heterocycles. The molecule has 0 saturated carbocycles. The summed E-state index contributed by atoms with van der Waals surface area (Å²) < 4.78 is 0. The van der Waals surface area contributed by atoms with Gasteiger partial charge in [0.1, 0.15) is 16.5 Å². The SMILES string of the molecule is CC1CCc2c(sc3nc(C(C)C)nc(N4CCN(C(=O)N(C)C)CC4)c23)C1. The lowest BCUT2D eigenvalue weighted by Gasteiger charge is -2.37. The molecule has 4 rings (SSSR count). The Morgan fingerprint density at radius 3 is 2.54 bits per heavy atom. The topological polar surface area (TPSA) is 52.6 Å².